The summed E-state index contributed by atoms with van der Waals surface area (Å²) >= 11 is 5.79. The molecule has 6 nitrogen and oxygen atoms in total. The second-order valence-corrected chi connectivity index (χ2v) is 6.29. The van der Waals surface area contributed by atoms with Gasteiger partial charge in [0.25, 0.3) is 5.91 Å². The Labute approximate surface area is 115 Å². The van der Waals surface area contributed by atoms with E-state index >= 15 is 0 Å². The van der Waals surface area contributed by atoms with Crippen molar-refractivity contribution in [2.45, 2.75) is 17.9 Å². The number of esters is 1. The normalized spacial score (nSPS) is 12.8. The van der Waals surface area contributed by atoms with Crippen molar-refractivity contribution in [3.63, 3.8) is 0 Å². The first-order valence-corrected chi connectivity index (χ1v) is 7.39. The van der Waals surface area contributed by atoms with Crippen LogP contribution in [0.5, 0.6) is 0 Å². The highest BCUT2D eigenvalue weighted by Crippen LogP contribution is 2.21. The molecule has 1 amide bonds. The van der Waals surface area contributed by atoms with E-state index in [9.17, 15) is 18.0 Å². The zero-order valence-corrected chi connectivity index (χ0v) is 11.8. The number of benzene rings is 1. The zero-order chi connectivity index (χ0) is 14.8. The minimum absolute atomic E-state index is 0.0223. The summed E-state index contributed by atoms with van der Waals surface area (Å²) < 4.78 is 27.5. The third-order valence-corrected chi connectivity index (χ3v) is 3.71. The first-order valence-electron chi connectivity index (χ1n) is 5.13. The van der Waals surface area contributed by atoms with Crippen LogP contribution in [-0.4, -0.2) is 32.7 Å². The molecule has 0 aliphatic carbocycles. The SMILES string of the molecule is C[C@H](OC(=O)c1cc(S(C)(=O)=O)ccc1Cl)C(N)=O. The molecule has 0 unspecified atom stereocenters. The fourth-order valence-corrected chi connectivity index (χ4v) is 2.02. The van der Waals surface area contributed by atoms with E-state index in [2.05, 4.69) is 0 Å². The van der Waals surface area contributed by atoms with Gasteiger partial charge in [-0.3, -0.25) is 4.79 Å². The Bertz CT molecular complexity index is 626. The van der Waals surface area contributed by atoms with Gasteiger partial charge in [-0.15, -0.1) is 0 Å². The predicted molar refractivity (Wildman–Crippen MR) is 68.6 cm³/mol. The van der Waals surface area contributed by atoms with Crippen LogP contribution in [0.1, 0.15) is 17.3 Å². The second-order valence-electron chi connectivity index (χ2n) is 3.86. The van der Waals surface area contributed by atoms with Crippen molar-refractivity contribution in [1.29, 1.82) is 0 Å². The second kappa shape index (κ2) is 5.58. The third kappa shape index (κ3) is 3.93. The maximum Gasteiger partial charge on any atom is 0.340 e. The number of hydrogen-bond donors (Lipinski definition) is 1. The lowest BCUT2D eigenvalue weighted by molar-refractivity contribution is -0.125. The van der Waals surface area contributed by atoms with Gasteiger partial charge in [-0.2, -0.15) is 0 Å². The number of rotatable bonds is 4. The number of hydrogen-bond acceptors (Lipinski definition) is 5. The molecule has 104 valence electrons. The maximum atomic E-state index is 11.8. The van der Waals surface area contributed by atoms with Crippen molar-refractivity contribution >= 4 is 33.3 Å². The summed E-state index contributed by atoms with van der Waals surface area (Å²) in [5.41, 5.74) is 4.81. The lowest BCUT2D eigenvalue weighted by atomic mass is 10.2. The van der Waals surface area contributed by atoms with Gasteiger partial charge in [-0.05, 0) is 25.1 Å². The Balaban J connectivity index is 3.13. The summed E-state index contributed by atoms with van der Waals surface area (Å²) in [5, 5.41) is 0.0223. The van der Waals surface area contributed by atoms with Crippen LogP contribution in [0.3, 0.4) is 0 Å². The lowest BCUT2D eigenvalue weighted by Crippen LogP contribution is -2.30. The highest BCUT2D eigenvalue weighted by Gasteiger charge is 2.20. The average molecular weight is 306 g/mol. The van der Waals surface area contributed by atoms with Gasteiger partial charge >= 0.3 is 5.97 Å². The molecule has 0 saturated carbocycles. The number of halogens is 1. The van der Waals surface area contributed by atoms with E-state index in [1.807, 2.05) is 0 Å². The number of ether oxygens (including phenoxy) is 1. The van der Waals surface area contributed by atoms with Crippen molar-refractivity contribution < 1.29 is 22.7 Å². The minimum atomic E-state index is -3.48. The van der Waals surface area contributed by atoms with Crippen molar-refractivity contribution in [1.82, 2.24) is 0 Å². The van der Waals surface area contributed by atoms with Crippen LogP contribution in [0.25, 0.3) is 0 Å². The summed E-state index contributed by atoms with van der Waals surface area (Å²) in [6.07, 6.45) is -0.136. The molecule has 1 rings (SSSR count). The van der Waals surface area contributed by atoms with Gasteiger partial charge < -0.3 is 10.5 Å². The van der Waals surface area contributed by atoms with Gasteiger partial charge in [0.05, 0.1) is 15.5 Å². The molecule has 0 bridgehead atoms. The lowest BCUT2D eigenvalue weighted by Gasteiger charge is -2.11. The van der Waals surface area contributed by atoms with Crippen LogP contribution in [0, 0.1) is 0 Å². The van der Waals surface area contributed by atoms with Crippen LogP contribution in [-0.2, 0) is 19.4 Å². The minimum Gasteiger partial charge on any atom is -0.449 e. The summed E-state index contributed by atoms with van der Waals surface area (Å²) in [5.74, 6) is -1.73. The van der Waals surface area contributed by atoms with E-state index in [1.165, 1.54) is 19.1 Å². The van der Waals surface area contributed by atoms with E-state index < -0.39 is 27.8 Å². The van der Waals surface area contributed by atoms with Crippen LogP contribution in [0.2, 0.25) is 5.02 Å². The Morgan fingerprint density at radius 1 is 1.37 bits per heavy atom. The van der Waals surface area contributed by atoms with Crippen LogP contribution in [0.4, 0.5) is 0 Å². The largest absolute Gasteiger partial charge is 0.449 e. The fraction of sp³-hybridized carbons (Fsp3) is 0.273. The van der Waals surface area contributed by atoms with Gasteiger partial charge in [-0.25, -0.2) is 13.2 Å². The van der Waals surface area contributed by atoms with E-state index in [-0.39, 0.29) is 15.5 Å². The summed E-state index contributed by atoms with van der Waals surface area (Å²) in [7, 11) is -3.48. The van der Waals surface area contributed by atoms with Gasteiger partial charge in [0, 0.05) is 6.26 Å². The first-order chi connectivity index (χ1) is 8.62. The molecule has 0 radical (unpaired) electrons. The Hall–Kier alpha value is -1.60. The molecule has 0 aliphatic rings. The molecule has 1 aromatic rings. The summed E-state index contributed by atoms with van der Waals surface area (Å²) in [4.78, 5) is 22.5. The van der Waals surface area contributed by atoms with E-state index in [4.69, 9.17) is 22.1 Å². The molecule has 0 saturated heterocycles. The highest BCUT2D eigenvalue weighted by molar-refractivity contribution is 7.90. The van der Waals surface area contributed by atoms with Crippen molar-refractivity contribution in [2.24, 2.45) is 5.73 Å². The average Bonchev–Trinajstić information content (AvgIpc) is 2.27. The number of nitrogens with two attached hydrogens (primary N) is 1. The maximum absolute atomic E-state index is 11.8. The molecule has 19 heavy (non-hydrogen) atoms. The number of amides is 1. The summed E-state index contributed by atoms with van der Waals surface area (Å²) in [6.45, 7) is 1.30. The molecule has 0 spiro atoms. The van der Waals surface area contributed by atoms with Crippen molar-refractivity contribution in [3.8, 4) is 0 Å². The molecule has 0 aliphatic heterocycles. The third-order valence-electron chi connectivity index (χ3n) is 2.27. The number of carbonyl (C=O) groups is 2. The smallest absolute Gasteiger partial charge is 0.340 e. The molecule has 2 N–H and O–H groups in total. The Morgan fingerprint density at radius 3 is 2.42 bits per heavy atom. The van der Waals surface area contributed by atoms with Crippen LogP contribution >= 0.6 is 11.6 Å². The van der Waals surface area contributed by atoms with Gasteiger partial charge in [0.2, 0.25) is 0 Å². The van der Waals surface area contributed by atoms with E-state index in [1.54, 1.807) is 0 Å². The zero-order valence-electron chi connectivity index (χ0n) is 10.2. The van der Waals surface area contributed by atoms with Gasteiger partial charge in [-0.1, -0.05) is 11.6 Å². The fourth-order valence-electron chi connectivity index (χ4n) is 1.17. The first kappa shape index (κ1) is 15.5. The molecular weight excluding hydrogens is 294 g/mol. The predicted octanol–water partition coefficient (Wildman–Crippen LogP) is 0.774. The van der Waals surface area contributed by atoms with Crippen molar-refractivity contribution in [3.05, 3.63) is 28.8 Å². The van der Waals surface area contributed by atoms with Crippen LogP contribution in [0.15, 0.2) is 23.1 Å². The number of primary amides is 1. The highest BCUT2D eigenvalue weighted by atomic mass is 35.5. The van der Waals surface area contributed by atoms with Crippen LogP contribution < -0.4 is 5.73 Å². The molecule has 1 atom stereocenters. The quantitative estimate of drug-likeness (QED) is 0.828. The topological polar surface area (TPSA) is 104 Å². The van der Waals surface area contributed by atoms with E-state index in [0.717, 1.165) is 12.3 Å². The Kier molecular flexibility index (Phi) is 4.54. The molecule has 0 fully saturated rings. The Morgan fingerprint density at radius 2 is 1.95 bits per heavy atom. The molecule has 0 aromatic heterocycles. The molecule has 0 heterocycles. The molecule has 1 aromatic carbocycles. The number of sulfone groups is 1. The standard InChI is InChI=1S/C11H12ClNO5S/c1-6(10(13)14)18-11(15)8-5-7(19(2,16)17)3-4-9(8)12/h3-6H,1-2H3,(H2,13,14)/t6-/m0/s1. The monoisotopic (exact) mass is 305 g/mol. The summed E-state index contributed by atoms with van der Waals surface area (Å²) in [6, 6.07) is 3.63. The van der Waals surface area contributed by atoms with E-state index in [0.29, 0.717) is 0 Å². The number of carbonyl (C=O) groups excluding carboxylic acids is 2. The van der Waals surface area contributed by atoms with Gasteiger partial charge in [0.1, 0.15) is 0 Å². The van der Waals surface area contributed by atoms with Crippen molar-refractivity contribution in [2.75, 3.05) is 6.26 Å². The molecule has 8 heteroatoms. The van der Waals surface area contributed by atoms with Gasteiger partial charge in [0.15, 0.2) is 15.9 Å². The molecular formula is C11H12ClNO5S.